The third-order valence-corrected chi connectivity index (χ3v) is 6.11. The third kappa shape index (κ3) is 3.00. The molecule has 2 aromatic rings. The molecule has 2 aliphatic heterocycles. The van der Waals surface area contributed by atoms with E-state index < -0.39 is 5.25 Å². The van der Waals surface area contributed by atoms with Crippen LogP contribution in [0.4, 0.5) is 4.39 Å². The van der Waals surface area contributed by atoms with E-state index in [-0.39, 0.29) is 17.8 Å². The number of hydrogen-bond acceptors (Lipinski definition) is 5. The highest BCUT2D eigenvalue weighted by Crippen LogP contribution is 2.42. The second-order valence-corrected chi connectivity index (χ2v) is 7.62. The lowest BCUT2D eigenvalue weighted by atomic mass is 9.97. The number of halogens is 1. The Hall–Kier alpha value is -1.73. The topological polar surface area (TPSA) is 51.0 Å². The van der Waals surface area contributed by atoms with Crippen molar-refractivity contribution in [2.45, 2.75) is 49.1 Å². The van der Waals surface area contributed by atoms with Crippen molar-refractivity contribution < 1.29 is 9.18 Å². The van der Waals surface area contributed by atoms with Crippen LogP contribution in [0.25, 0.3) is 0 Å². The molecule has 5 nitrogen and oxygen atoms in total. The van der Waals surface area contributed by atoms with Crippen LogP contribution in [0, 0.1) is 5.82 Å². The summed E-state index contributed by atoms with van der Waals surface area (Å²) in [7, 11) is 0. The number of thioether (sulfide) groups is 1. The summed E-state index contributed by atoms with van der Waals surface area (Å²) < 4.78 is 16.0. The van der Waals surface area contributed by atoms with Gasteiger partial charge in [-0.2, -0.15) is 4.68 Å². The van der Waals surface area contributed by atoms with E-state index in [4.69, 9.17) is 0 Å². The van der Waals surface area contributed by atoms with Crippen LogP contribution in [-0.2, 0) is 6.42 Å². The van der Waals surface area contributed by atoms with Crippen LogP contribution in [-0.4, -0.2) is 43.9 Å². The normalized spacial score (nSPS) is 22.2. The summed E-state index contributed by atoms with van der Waals surface area (Å²) in [6, 6.07) is 6.52. The molecule has 0 saturated carbocycles. The van der Waals surface area contributed by atoms with Crippen molar-refractivity contribution in [1.29, 1.82) is 0 Å². The fraction of sp³-hybridized carbons (Fsp3) is 0.500. The van der Waals surface area contributed by atoms with Crippen molar-refractivity contribution in [2.24, 2.45) is 0 Å². The SMILES string of the molecule is CCc1nc2n(n1)C(=O)C(C(c1ccccc1F)N1CCCCC1)S2. The summed E-state index contributed by atoms with van der Waals surface area (Å²) in [6.45, 7) is 3.74. The van der Waals surface area contributed by atoms with Gasteiger partial charge < -0.3 is 0 Å². The van der Waals surface area contributed by atoms with Crippen LogP contribution in [0.3, 0.4) is 0 Å². The fourth-order valence-electron chi connectivity index (χ4n) is 3.65. The molecule has 0 aliphatic carbocycles. The Morgan fingerprint density at radius 2 is 2.04 bits per heavy atom. The molecule has 25 heavy (non-hydrogen) atoms. The first kappa shape index (κ1) is 16.7. The van der Waals surface area contributed by atoms with Gasteiger partial charge in [-0.3, -0.25) is 9.69 Å². The van der Waals surface area contributed by atoms with E-state index in [1.807, 2.05) is 13.0 Å². The van der Waals surface area contributed by atoms with Crippen molar-refractivity contribution in [3.8, 4) is 0 Å². The average molecular weight is 360 g/mol. The van der Waals surface area contributed by atoms with Gasteiger partial charge in [-0.15, -0.1) is 5.10 Å². The molecule has 0 radical (unpaired) electrons. The lowest BCUT2D eigenvalue weighted by Gasteiger charge is -2.37. The molecule has 0 spiro atoms. The number of hydrogen-bond donors (Lipinski definition) is 0. The van der Waals surface area contributed by atoms with E-state index in [1.54, 1.807) is 12.1 Å². The first-order valence-electron chi connectivity index (χ1n) is 8.84. The van der Waals surface area contributed by atoms with Gasteiger partial charge in [0.1, 0.15) is 11.1 Å². The van der Waals surface area contributed by atoms with Gasteiger partial charge in [-0.1, -0.05) is 43.3 Å². The number of carbonyl (C=O) groups excluding carboxylic acids is 1. The van der Waals surface area contributed by atoms with E-state index in [9.17, 15) is 9.18 Å². The minimum Gasteiger partial charge on any atom is -0.295 e. The van der Waals surface area contributed by atoms with Crippen LogP contribution in [0.5, 0.6) is 0 Å². The minimum atomic E-state index is -0.407. The molecule has 0 amide bonds. The van der Waals surface area contributed by atoms with Crippen molar-refractivity contribution in [1.82, 2.24) is 19.7 Å². The number of rotatable bonds is 4. The minimum absolute atomic E-state index is 0.0916. The molecule has 4 rings (SSSR count). The number of aromatic nitrogens is 3. The monoisotopic (exact) mass is 360 g/mol. The maximum atomic E-state index is 14.6. The molecule has 1 aromatic carbocycles. The predicted octanol–water partition coefficient (Wildman–Crippen LogP) is 3.32. The molecule has 1 saturated heterocycles. The van der Waals surface area contributed by atoms with Gasteiger partial charge in [0, 0.05) is 12.0 Å². The zero-order chi connectivity index (χ0) is 17.4. The molecule has 1 fully saturated rings. The molecule has 3 heterocycles. The van der Waals surface area contributed by atoms with Gasteiger partial charge in [0.05, 0.1) is 6.04 Å². The zero-order valence-corrected chi connectivity index (χ0v) is 15.0. The van der Waals surface area contributed by atoms with Gasteiger partial charge >= 0.3 is 0 Å². The number of piperidine rings is 1. The van der Waals surface area contributed by atoms with Crippen molar-refractivity contribution >= 4 is 17.7 Å². The fourth-order valence-corrected chi connectivity index (χ4v) is 4.92. The largest absolute Gasteiger partial charge is 0.295 e. The molecule has 7 heteroatoms. The third-order valence-electron chi connectivity index (χ3n) is 4.92. The van der Waals surface area contributed by atoms with Crippen LogP contribution in [0.2, 0.25) is 0 Å². The Morgan fingerprint density at radius 1 is 1.28 bits per heavy atom. The number of nitrogens with zero attached hydrogens (tertiary/aromatic N) is 4. The predicted molar refractivity (Wildman–Crippen MR) is 94.2 cm³/mol. The summed E-state index contributed by atoms with van der Waals surface area (Å²) >= 11 is 1.42. The Balaban J connectivity index is 1.70. The number of carbonyl (C=O) groups is 1. The van der Waals surface area contributed by atoms with E-state index in [0.717, 1.165) is 25.9 Å². The Kier molecular flexibility index (Phi) is 4.60. The summed E-state index contributed by atoms with van der Waals surface area (Å²) in [5, 5.41) is 4.53. The lowest BCUT2D eigenvalue weighted by Crippen LogP contribution is -2.41. The molecule has 1 aromatic heterocycles. The van der Waals surface area contributed by atoms with Gasteiger partial charge in [0.15, 0.2) is 11.0 Å². The van der Waals surface area contributed by atoms with E-state index in [2.05, 4.69) is 15.0 Å². The van der Waals surface area contributed by atoms with E-state index in [1.165, 1.54) is 28.9 Å². The summed E-state index contributed by atoms with van der Waals surface area (Å²) in [5.41, 5.74) is 0.594. The highest BCUT2D eigenvalue weighted by molar-refractivity contribution is 8.00. The highest BCUT2D eigenvalue weighted by Gasteiger charge is 2.43. The number of benzene rings is 1. The van der Waals surface area contributed by atoms with Crippen LogP contribution >= 0.6 is 11.8 Å². The molecule has 2 unspecified atom stereocenters. The number of likely N-dealkylation sites (tertiary alicyclic amines) is 1. The highest BCUT2D eigenvalue weighted by atomic mass is 32.2. The zero-order valence-electron chi connectivity index (χ0n) is 14.2. The van der Waals surface area contributed by atoms with E-state index >= 15 is 0 Å². The number of fused-ring (bicyclic) bond motifs is 1. The standard InChI is InChI=1S/C18H21FN4OS/c1-2-14-20-18-23(21-14)17(24)16(25-18)15(22-10-6-3-7-11-22)12-8-4-5-9-13(12)19/h4-5,8-9,15-16H,2-3,6-7,10-11H2,1H3. The molecule has 0 N–H and O–H groups in total. The first-order chi connectivity index (χ1) is 12.2. The Morgan fingerprint density at radius 3 is 2.72 bits per heavy atom. The summed E-state index contributed by atoms with van der Waals surface area (Å²) in [5.74, 6) is 0.332. The quantitative estimate of drug-likeness (QED) is 0.837. The van der Waals surface area contributed by atoms with Crippen molar-refractivity contribution in [3.05, 3.63) is 41.5 Å². The summed E-state index contributed by atoms with van der Waals surface area (Å²) in [6.07, 6.45) is 4.05. The maximum Gasteiger partial charge on any atom is 0.264 e. The molecule has 132 valence electrons. The average Bonchev–Trinajstić information content (AvgIpc) is 3.18. The Bertz CT molecular complexity index is 787. The smallest absolute Gasteiger partial charge is 0.264 e. The molecular formula is C18H21FN4OS. The van der Waals surface area contributed by atoms with Gasteiger partial charge in [-0.05, 0) is 32.0 Å². The van der Waals surface area contributed by atoms with Crippen LogP contribution in [0.1, 0.15) is 48.4 Å². The second kappa shape index (κ2) is 6.88. The lowest BCUT2D eigenvalue weighted by molar-refractivity contribution is 0.0815. The van der Waals surface area contributed by atoms with E-state index in [0.29, 0.717) is 23.0 Å². The van der Waals surface area contributed by atoms with Crippen molar-refractivity contribution in [3.63, 3.8) is 0 Å². The Labute approximate surface area is 150 Å². The first-order valence-corrected chi connectivity index (χ1v) is 9.72. The molecule has 2 atom stereocenters. The van der Waals surface area contributed by atoms with Gasteiger partial charge in [-0.25, -0.2) is 9.37 Å². The van der Waals surface area contributed by atoms with Crippen LogP contribution < -0.4 is 0 Å². The van der Waals surface area contributed by atoms with Crippen LogP contribution in [0.15, 0.2) is 29.4 Å². The molecular weight excluding hydrogens is 339 g/mol. The maximum absolute atomic E-state index is 14.6. The second-order valence-electron chi connectivity index (χ2n) is 6.52. The molecule has 2 aliphatic rings. The number of aryl methyl sites for hydroxylation is 1. The van der Waals surface area contributed by atoms with Gasteiger partial charge in [0.2, 0.25) is 0 Å². The molecule has 0 bridgehead atoms. The van der Waals surface area contributed by atoms with Crippen molar-refractivity contribution in [2.75, 3.05) is 13.1 Å². The van der Waals surface area contributed by atoms with Gasteiger partial charge in [0.25, 0.3) is 5.91 Å². The summed E-state index contributed by atoms with van der Waals surface area (Å²) in [4.78, 5) is 19.7.